The number of nitrogens with two attached hydrogens (primary N) is 1. The Morgan fingerprint density at radius 3 is 2.87 bits per heavy atom. The molecule has 0 saturated heterocycles. The molecule has 1 rings (SSSR count). The highest BCUT2D eigenvalue weighted by Gasteiger charge is 2.08. The Morgan fingerprint density at radius 2 is 2.27 bits per heavy atom. The molecule has 80 valence electrons. The molecule has 0 atom stereocenters. The molecular formula is C11H14FN3. The lowest BCUT2D eigenvalue weighted by Crippen LogP contribution is -2.24. The van der Waals surface area contributed by atoms with Gasteiger partial charge in [0, 0.05) is 13.1 Å². The van der Waals surface area contributed by atoms with Gasteiger partial charge in [0.2, 0.25) is 0 Å². The van der Waals surface area contributed by atoms with E-state index in [0.717, 1.165) is 0 Å². The van der Waals surface area contributed by atoms with Gasteiger partial charge in [-0.15, -0.1) is 0 Å². The maximum Gasteiger partial charge on any atom is 0.125 e. The zero-order chi connectivity index (χ0) is 11.3. The van der Waals surface area contributed by atoms with Crippen molar-refractivity contribution in [2.45, 2.75) is 13.3 Å². The van der Waals surface area contributed by atoms with Crippen LogP contribution in [0.4, 0.5) is 15.8 Å². The number of nitrogens with zero attached hydrogens (tertiary/aromatic N) is 2. The quantitative estimate of drug-likeness (QED) is 0.769. The first-order chi connectivity index (χ1) is 7.19. The molecule has 0 amide bonds. The van der Waals surface area contributed by atoms with Gasteiger partial charge >= 0.3 is 0 Å². The number of nitriles is 1. The van der Waals surface area contributed by atoms with Gasteiger partial charge < -0.3 is 10.6 Å². The fraction of sp³-hybridized carbons (Fsp3) is 0.364. The van der Waals surface area contributed by atoms with Crippen molar-refractivity contribution >= 4 is 11.4 Å². The maximum absolute atomic E-state index is 13.0. The Morgan fingerprint density at radius 1 is 1.53 bits per heavy atom. The highest BCUT2D eigenvalue weighted by Crippen LogP contribution is 2.23. The predicted molar refractivity (Wildman–Crippen MR) is 58.9 cm³/mol. The van der Waals surface area contributed by atoms with E-state index in [1.807, 2.05) is 11.8 Å². The number of hydrogen-bond acceptors (Lipinski definition) is 3. The molecule has 15 heavy (non-hydrogen) atoms. The van der Waals surface area contributed by atoms with Crippen LogP contribution in [0.25, 0.3) is 0 Å². The molecule has 0 aliphatic heterocycles. The van der Waals surface area contributed by atoms with Crippen LogP contribution >= 0.6 is 0 Å². The average Bonchev–Trinajstić information content (AvgIpc) is 2.24. The van der Waals surface area contributed by atoms with Gasteiger partial charge in [-0.1, -0.05) is 0 Å². The second-order valence-corrected chi connectivity index (χ2v) is 3.19. The van der Waals surface area contributed by atoms with Crippen molar-refractivity contribution in [1.82, 2.24) is 0 Å². The molecule has 0 spiro atoms. The summed E-state index contributed by atoms with van der Waals surface area (Å²) in [6.07, 6.45) is 0.407. The molecule has 4 heteroatoms. The first-order valence-corrected chi connectivity index (χ1v) is 4.86. The van der Waals surface area contributed by atoms with Crippen LogP contribution in [0.3, 0.4) is 0 Å². The van der Waals surface area contributed by atoms with Gasteiger partial charge in [0.25, 0.3) is 0 Å². The average molecular weight is 207 g/mol. The van der Waals surface area contributed by atoms with Gasteiger partial charge in [0.15, 0.2) is 0 Å². The molecule has 0 bridgehead atoms. The number of anilines is 2. The summed E-state index contributed by atoms with van der Waals surface area (Å²) in [5.74, 6) is -0.311. The summed E-state index contributed by atoms with van der Waals surface area (Å²) >= 11 is 0. The molecule has 1 aromatic carbocycles. The number of halogens is 1. The normalized spacial score (nSPS) is 9.67. The third kappa shape index (κ3) is 2.84. The lowest BCUT2D eigenvalue weighted by Gasteiger charge is -2.23. The fourth-order valence-corrected chi connectivity index (χ4v) is 1.42. The van der Waals surface area contributed by atoms with Gasteiger partial charge in [0.05, 0.1) is 23.9 Å². The summed E-state index contributed by atoms with van der Waals surface area (Å²) in [7, 11) is 0. The minimum absolute atomic E-state index is 0.311. The van der Waals surface area contributed by atoms with Crippen molar-refractivity contribution in [3.8, 4) is 6.07 Å². The van der Waals surface area contributed by atoms with Crippen LogP contribution in [0.15, 0.2) is 18.2 Å². The van der Waals surface area contributed by atoms with Crippen molar-refractivity contribution < 1.29 is 4.39 Å². The minimum Gasteiger partial charge on any atom is -0.397 e. The lowest BCUT2D eigenvalue weighted by molar-refractivity contribution is 0.627. The smallest absolute Gasteiger partial charge is 0.125 e. The second kappa shape index (κ2) is 5.20. The summed E-state index contributed by atoms with van der Waals surface area (Å²) in [4.78, 5) is 1.89. The summed E-state index contributed by atoms with van der Waals surface area (Å²) < 4.78 is 13.0. The van der Waals surface area contributed by atoms with Crippen LogP contribution in [-0.2, 0) is 0 Å². The van der Waals surface area contributed by atoms with E-state index in [9.17, 15) is 4.39 Å². The SMILES string of the molecule is CCN(CCC#N)c1cc(F)ccc1N. The Hall–Kier alpha value is -1.76. The minimum atomic E-state index is -0.311. The van der Waals surface area contributed by atoms with Crippen molar-refractivity contribution in [1.29, 1.82) is 5.26 Å². The van der Waals surface area contributed by atoms with Gasteiger partial charge in [-0.2, -0.15) is 5.26 Å². The van der Waals surface area contributed by atoms with Crippen LogP contribution < -0.4 is 10.6 Å². The van der Waals surface area contributed by atoms with E-state index < -0.39 is 0 Å². The molecule has 1 aromatic rings. The molecule has 3 nitrogen and oxygen atoms in total. The molecule has 0 heterocycles. The van der Waals surface area contributed by atoms with Crippen molar-refractivity contribution in [3.63, 3.8) is 0 Å². The number of benzene rings is 1. The summed E-state index contributed by atoms with van der Waals surface area (Å²) in [5, 5.41) is 8.50. The maximum atomic E-state index is 13.0. The van der Waals surface area contributed by atoms with Gasteiger partial charge in [-0.05, 0) is 25.1 Å². The van der Waals surface area contributed by atoms with Gasteiger partial charge in [0.1, 0.15) is 5.82 Å². The Bertz CT molecular complexity index is 371. The van der Waals surface area contributed by atoms with Crippen LogP contribution in [0.1, 0.15) is 13.3 Å². The third-order valence-electron chi connectivity index (χ3n) is 2.21. The van der Waals surface area contributed by atoms with E-state index >= 15 is 0 Å². The lowest BCUT2D eigenvalue weighted by atomic mass is 10.2. The third-order valence-corrected chi connectivity index (χ3v) is 2.21. The van der Waals surface area contributed by atoms with Gasteiger partial charge in [-0.25, -0.2) is 4.39 Å². The number of nitrogen functional groups attached to an aromatic ring is 1. The molecule has 0 aliphatic rings. The molecule has 0 unspecified atom stereocenters. The molecule has 0 saturated carbocycles. The van der Waals surface area contributed by atoms with E-state index in [2.05, 4.69) is 6.07 Å². The first-order valence-electron chi connectivity index (χ1n) is 4.86. The van der Waals surface area contributed by atoms with Crippen LogP contribution in [0, 0.1) is 17.1 Å². The zero-order valence-electron chi connectivity index (χ0n) is 8.70. The van der Waals surface area contributed by atoms with Crippen molar-refractivity contribution in [3.05, 3.63) is 24.0 Å². The topological polar surface area (TPSA) is 53.0 Å². The summed E-state index contributed by atoms with van der Waals surface area (Å²) in [5.41, 5.74) is 6.94. The monoisotopic (exact) mass is 207 g/mol. The predicted octanol–water partition coefficient (Wildman–Crippen LogP) is 2.15. The van der Waals surface area contributed by atoms with Crippen LogP contribution in [0.5, 0.6) is 0 Å². The van der Waals surface area contributed by atoms with E-state index in [1.54, 1.807) is 6.07 Å². The van der Waals surface area contributed by atoms with E-state index in [0.29, 0.717) is 30.9 Å². The van der Waals surface area contributed by atoms with Crippen molar-refractivity contribution in [2.75, 3.05) is 23.7 Å². The number of rotatable bonds is 4. The van der Waals surface area contributed by atoms with E-state index in [1.165, 1.54) is 12.1 Å². The summed E-state index contributed by atoms with van der Waals surface area (Å²) in [6, 6.07) is 6.33. The van der Waals surface area contributed by atoms with E-state index in [-0.39, 0.29) is 5.82 Å². The number of hydrogen-bond donors (Lipinski definition) is 1. The van der Waals surface area contributed by atoms with Gasteiger partial charge in [-0.3, -0.25) is 0 Å². The summed E-state index contributed by atoms with van der Waals surface area (Å²) in [6.45, 7) is 3.22. The second-order valence-electron chi connectivity index (χ2n) is 3.19. The zero-order valence-corrected chi connectivity index (χ0v) is 8.70. The molecule has 0 radical (unpaired) electrons. The molecule has 0 fully saturated rings. The Kier molecular flexibility index (Phi) is 3.92. The first kappa shape index (κ1) is 11.3. The highest BCUT2D eigenvalue weighted by molar-refractivity contribution is 5.67. The fourth-order valence-electron chi connectivity index (χ4n) is 1.42. The molecule has 2 N–H and O–H groups in total. The standard InChI is InChI=1S/C11H14FN3/c1-2-15(7-3-6-13)11-8-9(12)4-5-10(11)14/h4-5,8H,2-3,7,14H2,1H3. The highest BCUT2D eigenvalue weighted by atomic mass is 19.1. The Labute approximate surface area is 88.9 Å². The largest absolute Gasteiger partial charge is 0.397 e. The molecular weight excluding hydrogens is 193 g/mol. The van der Waals surface area contributed by atoms with Crippen LogP contribution in [0.2, 0.25) is 0 Å². The molecule has 0 aromatic heterocycles. The van der Waals surface area contributed by atoms with Crippen LogP contribution in [-0.4, -0.2) is 13.1 Å². The molecule has 0 aliphatic carbocycles. The Balaban J connectivity index is 2.91. The van der Waals surface area contributed by atoms with E-state index in [4.69, 9.17) is 11.0 Å². The van der Waals surface area contributed by atoms with Crippen molar-refractivity contribution in [2.24, 2.45) is 0 Å².